The Balaban J connectivity index is 2.74. The first-order valence-corrected chi connectivity index (χ1v) is 4.29. The molecule has 56 valence electrons. The molecular weight excluding hydrogens is 148 g/mol. The molecule has 10 heavy (non-hydrogen) atoms. The van der Waals surface area contributed by atoms with Crippen molar-refractivity contribution >= 4 is 11.8 Å². The van der Waals surface area contributed by atoms with Crippen LogP contribution in [0.5, 0.6) is 0 Å². The van der Waals surface area contributed by atoms with Gasteiger partial charge in [0.05, 0.1) is 12.3 Å². The molecular formula is C5H10N4S. The van der Waals surface area contributed by atoms with Gasteiger partial charge < -0.3 is 0 Å². The van der Waals surface area contributed by atoms with Gasteiger partial charge in [0.1, 0.15) is 0 Å². The van der Waals surface area contributed by atoms with Crippen LogP contribution in [0.15, 0.2) is 0 Å². The summed E-state index contributed by atoms with van der Waals surface area (Å²) in [4.78, 5) is 1.47. The largest absolute Gasteiger partial charge is 0.187 e. The van der Waals surface area contributed by atoms with Crippen molar-refractivity contribution in [2.24, 2.45) is 7.05 Å². The molecule has 0 bridgehead atoms. The fourth-order valence-electron chi connectivity index (χ4n) is 0.567. The van der Waals surface area contributed by atoms with Gasteiger partial charge in [0, 0.05) is 0 Å². The minimum absolute atomic E-state index is 0.341. The summed E-state index contributed by atoms with van der Waals surface area (Å²) in [5.74, 6) is 0.801. The molecule has 4 nitrogen and oxygen atoms in total. The molecule has 0 aliphatic carbocycles. The van der Waals surface area contributed by atoms with Crippen LogP contribution in [0.3, 0.4) is 0 Å². The van der Waals surface area contributed by atoms with Crippen molar-refractivity contribution in [3.8, 4) is 0 Å². The summed E-state index contributed by atoms with van der Waals surface area (Å²) < 4.78 is 0. The summed E-state index contributed by atoms with van der Waals surface area (Å²) >= 11 is 1.71. The Morgan fingerprint density at radius 1 is 1.60 bits per heavy atom. The number of aryl methyl sites for hydroxylation is 1. The zero-order chi connectivity index (χ0) is 7.56. The molecule has 0 spiro atoms. The molecule has 5 heteroatoms. The minimum Gasteiger partial charge on any atom is -0.167 e. The van der Waals surface area contributed by atoms with Gasteiger partial charge in [0.25, 0.3) is 0 Å². The van der Waals surface area contributed by atoms with E-state index in [9.17, 15) is 0 Å². The summed E-state index contributed by atoms with van der Waals surface area (Å²) in [7, 11) is 1.77. The van der Waals surface area contributed by atoms with E-state index < -0.39 is 0 Å². The number of nitrogens with zero attached hydrogens (tertiary/aromatic N) is 4. The number of thioether (sulfide) groups is 1. The van der Waals surface area contributed by atoms with E-state index in [0.717, 1.165) is 5.82 Å². The minimum atomic E-state index is 0.341. The van der Waals surface area contributed by atoms with E-state index in [-0.39, 0.29) is 0 Å². The number of hydrogen-bond acceptors (Lipinski definition) is 4. The Hall–Kier alpha value is -0.580. The van der Waals surface area contributed by atoms with Crippen LogP contribution in [0.25, 0.3) is 0 Å². The molecule has 1 aromatic heterocycles. The van der Waals surface area contributed by atoms with Gasteiger partial charge in [-0.1, -0.05) is 0 Å². The number of hydrogen-bond donors (Lipinski definition) is 0. The van der Waals surface area contributed by atoms with E-state index in [0.29, 0.717) is 5.25 Å². The van der Waals surface area contributed by atoms with Crippen molar-refractivity contribution in [3.05, 3.63) is 5.82 Å². The van der Waals surface area contributed by atoms with Crippen LogP contribution < -0.4 is 0 Å². The predicted molar refractivity (Wildman–Crippen MR) is 40.7 cm³/mol. The lowest BCUT2D eigenvalue weighted by molar-refractivity contribution is 0.627. The maximum atomic E-state index is 4.06. The second kappa shape index (κ2) is 3.01. The van der Waals surface area contributed by atoms with Crippen molar-refractivity contribution in [1.82, 2.24) is 20.2 Å². The standard InChI is InChI=1S/C5H10N4S/c1-4(10-3)5-6-8-9(2)7-5/h4H,1-3H3. The highest BCUT2D eigenvalue weighted by atomic mass is 32.2. The second-order valence-electron chi connectivity index (χ2n) is 2.02. The third-order valence-electron chi connectivity index (χ3n) is 1.24. The van der Waals surface area contributed by atoms with Crippen LogP contribution in [0.1, 0.15) is 18.0 Å². The molecule has 1 unspecified atom stereocenters. The lowest BCUT2D eigenvalue weighted by Gasteiger charge is -1.98. The van der Waals surface area contributed by atoms with Crippen molar-refractivity contribution in [2.45, 2.75) is 12.2 Å². The molecule has 0 amide bonds. The summed E-state index contributed by atoms with van der Waals surface area (Å²) in [5, 5.41) is 12.0. The third-order valence-corrected chi connectivity index (χ3v) is 2.16. The zero-order valence-electron chi connectivity index (χ0n) is 6.27. The summed E-state index contributed by atoms with van der Waals surface area (Å²) in [6.45, 7) is 2.06. The normalized spacial score (nSPS) is 13.5. The quantitative estimate of drug-likeness (QED) is 0.633. The Morgan fingerprint density at radius 3 is 2.70 bits per heavy atom. The smallest absolute Gasteiger partial charge is 0.167 e. The summed E-state index contributed by atoms with van der Waals surface area (Å²) in [6, 6.07) is 0. The van der Waals surface area contributed by atoms with E-state index in [1.54, 1.807) is 18.8 Å². The molecule has 0 aromatic carbocycles. The molecule has 0 saturated carbocycles. The highest BCUT2D eigenvalue weighted by Gasteiger charge is 2.07. The first-order chi connectivity index (χ1) is 4.74. The van der Waals surface area contributed by atoms with Crippen molar-refractivity contribution in [2.75, 3.05) is 6.26 Å². The lowest BCUT2D eigenvalue weighted by atomic mass is 10.5. The average molecular weight is 158 g/mol. The van der Waals surface area contributed by atoms with E-state index >= 15 is 0 Å². The highest BCUT2D eigenvalue weighted by molar-refractivity contribution is 7.98. The third kappa shape index (κ3) is 1.47. The molecule has 1 heterocycles. The van der Waals surface area contributed by atoms with Crippen molar-refractivity contribution in [1.29, 1.82) is 0 Å². The van der Waals surface area contributed by atoms with E-state index in [1.165, 1.54) is 4.80 Å². The topological polar surface area (TPSA) is 43.6 Å². The van der Waals surface area contributed by atoms with Crippen LogP contribution in [-0.2, 0) is 7.05 Å². The van der Waals surface area contributed by atoms with Gasteiger partial charge in [-0.25, -0.2) is 0 Å². The SMILES string of the molecule is CSC(C)c1nnn(C)n1. The molecule has 1 aromatic rings. The summed E-state index contributed by atoms with van der Waals surface area (Å²) in [5.41, 5.74) is 0. The maximum Gasteiger partial charge on any atom is 0.187 e. The average Bonchev–Trinajstić information content (AvgIpc) is 2.34. The molecule has 1 atom stereocenters. The van der Waals surface area contributed by atoms with Crippen LogP contribution >= 0.6 is 11.8 Å². The van der Waals surface area contributed by atoms with Gasteiger partial charge in [0.15, 0.2) is 5.82 Å². The Bertz CT molecular complexity index is 209. The van der Waals surface area contributed by atoms with Gasteiger partial charge in [0.2, 0.25) is 0 Å². The highest BCUT2D eigenvalue weighted by Crippen LogP contribution is 2.20. The van der Waals surface area contributed by atoms with Gasteiger partial charge in [-0.15, -0.1) is 10.2 Å². The first-order valence-electron chi connectivity index (χ1n) is 3.00. The predicted octanol–water partition coefficient (Wildman–Crippen LogP) is 0.634. The van der Waals surface area contributed by atoms with Crippen LogP contribution in [-0.4, -0.2) is 26.5 Å². The number of rotatable bonds is 2. The molecule has 0 N–H and O–H groups in total. The van der Waals surface area contributed by atoms with Crippen molar-refractivity contribution in [3.63, 3.8) is 0 Å². The molecule has 0 saturated heterocycles. The second-order valence-corrected chi connectivity index (χ2v) is 3.19. The number of aromatic nitrogens is 4. The summed E-state index contributed by atoms with van der Waals surface area (Å²) in [6.07, 6.45) is 2.03. The van der Waals surface area contributed by atoms with Gasteiger partial charge in [-0.2, -0.15) is 16.6 Å². The molecule has 1 rings (SSSR count). The Morgan fingerprint density at radius 2 is 2.30 bits per heavy atom. The first kappa shape index (κ1) is 7.53. The van der Waals surface area contributed by atoms with Gasteiger partial charge in [-0.05, 0) is 18.4 Å². The van der Waals surface area contributed by atoms with Crippen LogP contribution in [0.4, 0.5) is 0 Å². The number of tetrazole rings is 1. The fraction of sp³-hybridized carbons (Fsp3) is 0.800. The monoisotopic (exact) mass is 158 g/mol. The molecule has 0 aliphatic rings. The van der Waals surface area contributed by atoms with Crippen molar-refractivity contribution < 1.29 is 0 Å². The zero-order valence-corrected chi connectivity index (χ0v) is 7.09. The molecule has 0 aliphatic heterocycles. The van der Waals surface area contributed by atoms with E-state index in [1.807, 2.05) is 6.26 Å². The maximum absolute atomic E-state index is 4.06. The van der Waals surface area contributed by atoms with Crippen LogP contribution in [0, 0.1) is 0 Å². The molecule has 0 radical (unpaired) electrons. The fourth-order valence-corrected chi connectivity index (χ4v) is 0.872. The van der Waals surface area contributed by atoms with Gasteiger partial charge >= 0.3 is 0 Å². The lowest BCUT2D eigenvalue weighted by Crippen LogP contribution is -1.94. The Labute approximate surface area is 64.0 Å². The van der Waals surface area contributed by atoms with Gasteiger partial charge in [-0.3, -0.25) is 0 Å². The molecule has 0 fully saturated rings. The van der Waals surface area contributed by atoms with E-state index in [2.05, 4.69) is 22.3 Å². The van der Waals surface area contributed by atoms with Crippen LogP contribution in [0.2, 0.25) is 0 Å². The Kier molecular flexibility index (Phi) is 2.26. The van der Waals surface area contributed by atoms with E-state index in [4.69, 9.17) is 0 Å².